The van der Waals surface area contributed by atoms with Gasteiger partial charge in [-0.3, -0.25) is 4.31 Å². The van der Waals surface area contributed by atoms with Crippen molar-refractivity contribution in [3.8, 4) is 11.3 Å². The summed E-state index contributed by atoms with van der Waals surface area (Å²) < 4.78 is 56.4. The zero-order chi connectivity index (χ0) is 19.9. The van der Waals surface area contributed by atoms with Gasteiger partial charge in [-0.25, -0.2) is 17.2 Å². The van der Waals surface area contributed by atoms with Gasteiger partial charge in [0, 0.05) is 41.7 Å². The number of nitrogens with zero attached hydrogens (tertiary/aromatic N) is 1. The summed E-state index contributed by atoms with van der Waals surface area (Å²) in [6.07, 6.45) is -1.42. The maximum absolute atomic E-state index is 12.8. The molecule has 2 aromatic carbocycles. The molecule has 0 saturated carbocycles. The Balaban J connectivity index is 2.16. The average molecular weight is 394 g/mol. The Hall–Kier alpha value is -2.45. The average Bonchev–Trinajstić information content (AvgIpc) is 2.95. The maximum atomic E-state index is 12.8. The molecule has 0 atom stereocenters. The van der Waals surface area contributed by atoms with Crippen LogP contribution in [0.4, 0.5) is 14.5 Å². The summed E-state index contributed by atoms with van der Waals surface area (Å²) in [5.41, 5.74) is 8.86. The van der Waals surface area contributed by atoms with E-state index in [1.807, 2.05) is 13.0 Å². The van der Waals surface area contributed by atoms with E-state index in [1.165, 1.54) is 19.2 Å². The van der Waals surface area contributed by atoms with Crippen LogP contribution in [0.2, 0.25) is 0 Å². The van der Waals surface area contributed by atoms with Crippen LogP contribution in [-0.2, 0) is 16.6 Å². The molecule has 0 radical (unpaired) electrons. The van der Waals surface area contributed by atoms with Gasteiger partial charge >= 0.3 is 0 Å². The summed E-state index contributed by atoms with van der Waals surface area (Å²) in [5, 5.41) is 0.800. The monoisotopic (exact) mass is 394 g/mol. The van der Waals surface area contributed by atoms with E-state index in [-0.39, 0.29) is 12.1 Å². The second-order valence-electron chi connectivity index (χ2n) is 6.39. The van der Waals surface area contributed by atoms with Crippen LogP contribution < -0.4 is 10.0 Å². The van der Waals surface area contributed by atoms with E-state index in [2.05, 4.69) is 0 Å². The lowest BCUT2D eigenvalue weighted by Gasteiger charge is -2.19. The van der Waals surface area contributed by atoms with Crippen LogP contribution in [0.5, 0.6) is 0 Å². The van der Waals surface area contributed by atoms with E-state index in [9.17, 15) is 17.2 Å². The SMILES string of the molecule is Cc1c(-c2ccc(C(F)F)cc2)oc2cc(N(C)S(C)(=O)=O)c(CN)cc12. The number of hydrogen-bond donors (Lipinski definition) is 1. The van der Waals surface area contributed by atoms with Gasteiger partial charge in [0.15, 0.2) is 0 Å². The van der Waals surface area contributed by atoms with Crippen LogP contribution in [0.1, 0.15) is 23.1 Å². The molecule has 0 unspecified atom stereocenters. The summed E-state index contributed by atoms with van der Waals surface area (Å²) in [6, 6.07) is 9.34. The van der Waals surface area contributed by atoms with Gasteiger partial charge in [0.1, 0.15) is 11.3 Å². The first kappa shape index (κ1) is 19.3. The minimum atomic E-state index is -3.46. The van der Waals surface area contributed by atoms with Gasteiger partial charge in [0.2, 0.25) is 10.0 Å². The molecular formula is C19H20F2N2O3S. The zero-order valence-corrected chi connectivity index (χ0v) is 16.0. The minimum Gasteiger partial charge on any atom is -0.456 e. The molecule has 0 aliphatic heterocycles. The number of anilines is 1. The molecule has 144 valence electrons. The van der Waals surface area contributed by atoms with Crippen molar-refractivity contribution in [2.24, 2.45) is 5.73 Å². The number of fused-ring (bicyclic) bond motifs is 1. The third kappa shape index (κ3) is 3.54. The van der Waals surface area contributed by atoms with E-state index in [4.69, 9.17) is 10.2 Å². The molecule has 5 nitrogen and oxygen atoms in total. The standard InChI is InChI=1S/C19H20F2N2O3S/c1-11-15-8-14(10-22)16(23(2)27(3,24)25)9-17(15)26-18(11)12-4-6-13(7-5-12)19(20)21/h4-9,19H,10,22H2,1-3H3. The normalized spacial score (nSPS) is 12.1. The number of sulfonamides is 1. The number of furan rings is 1. The van der Waals surface area contributed by atoms with Crippen LogP contribution in [0.15, 0.2) is 40.8 Å². The van der Waals surface area contributed by atoms with Crippen LogP contribution >= 0.6 is 0 Å². The number of aryl methyl sites for hydroxylation is 1. The van der Waals surface area contributed by atoms with Crippen LogP contribution in [0.3, 0.4) is 0 Å². The van der Waals surface area contributed by atoms with Crippen molar-refractivity contribution in [2.45, 2.75) is 19.9 Å². The number of nitrogens with two attached hydrogens (primary N) is 1. The van der Waals surface area contributed by atoms with E-state index < -0.39 is 16.4 Å². The Morgan fingerprint density at radius 1 is 1.19 bits per heavy atom. The van der Waals surface area contributed by atoms with Gasteiger partial charge in [-0.2, -0.15) is 0 Å². The van der Waals surface area contributed by atoms with Gasteiger partial charge in [0.25, 0.3) is 6.43 Å². The lowest BCUT2D eigenvalue weighted by atomic mass is 10.0. The lowest BCUT2D eigenvalue weighted by molar-refractivity contribution is 0.151. The largest absolute Gasteiger partial charge is 0.456 e. The molecule has 0 aliphatic rings. The van der Waals surface area contributed by atoms with Gasteiger partial charge in [-0.1, -0.05) is 24.3 Å². The molecule has 0 aliphatic carbocycles. The van der Waals surface area contributed by atoms with E-state index in [0.717, 1.165) is 21.5 Å². The molecule has 0 saturated heterocycles. The first-order valence-corrected chi connectivity index (χ1v) is 10.1. The summed E-state index contributed by atoms with van der Waals surface area (Å²) in [6.45, 7) is 2.02. The quantitative estimate of drug-likeness (QED) is 0.704. The molecule has 1 aromatic heterocycles. The maximum Gasteiger partial charge on any atom is 0.263 e. The highest BCUT2D eigenvalue weighted by atomic mass is 32.2. The van der Waals surface area contributed by atoms with Crippen molar-refractivity contribution in [2.75, 3.05) is 17.6 Å². The highest BCUT2D eigenvalue weighted by Gasteiger charge is 2.20. The number of rotatable bonds is 5. The number of halogens is 2. The Labute approximate surface area is 156 Å². The van der Waals surface area contributed by atoms with E-state index in [0.29, 0.717) is 28.2 Å². The summed E-state index contributed by atoms with van der Waals surface area (Å²) in [5.74, 6) is 0.549. The first-order chi connectivity index (χ1) is 12.6. The second kappa shape index (κ2) is 6.94. The third-order valence-electron chi connectivity index (χ3n) is 4.62. The molecule has 27 heavy (non-hydrogen) atoms. The van der Waals surface area contributed by atoms with Gasteiger partial charge in [-0.15, -0.1) is 0 Å². The fraction of sp³-hybridized carbons (Fsp3) is 0.263. The molecule has 0 spiro atoms. The van der Waals surface area contributed by atoms with Gasteiger partial charge in [-0.05, 0) is 18.6 Å². The van der Waals surface area contributed by atoms with Crippen molar-refractivity contribution in [1.82, 2.24) is 0 Å². The van der Waals surface area contributed by atoms with Crippen LogP contribution in [0.25, 0.3) is 22.3 Å². The van der Waals surface area contributed by atoms with Crippen molar-refractivity contribution in [3.05, 3.63) is 53.1 Å². The van der Waals surface area contributed by atoms with Crippen molar-refractivity contribution in [1.29, 1.82) is 0 Å². The Bertz CT molecular complexity index is 1090. The smallest absolute Gasteiger partial charge is 0.263 e. The van der Waals surface area contributed by atoms with E-state index >= 15 is 0 Å². The second-order valence-corrected chi connectivity index (χ2v) is 8.40. The molecule has 0 amide bonds. The Kier molecular flexibility index (Phi) is 4.96. The lowest BCUT2D eigenvalue weighted by Crippen LogP contribution is -2.26. The predicted octanol–water partition coefficient (Wildman–Crippen LogP) is 4.20. The molecule has 3 rings (SSSR count). The topological polar surface area (TPSA) is 76.5 Å². The summed E-state index contributed by atoms with van der Waals surface area (Å²) in [4.78, 5) is 0. The van der Waals surface area contributed by atoms with Crippen LogP contribution in [0, 0.1) is 6.92 Å². The third-order valence-corrected chi connectivity index (χ3v) is 5.81. The molecule has 2 N–H and O–H groups in total. The first-order valence-electron chi connectivity index (χ1n) is 8.22. The summed E-state index contributed by atoms with van der Waals surface area (Å²) in [7, 11) is -2.01. The number of benzene rings is 2. The zero-order valence-electron chi connectivity index (χ0n) is 15.2. The van der Waals surface area contributed by atoms with Gasteiger partial charge in [0.05, 0.1) is 11.9 Å². The number of hydrogen-bond acceptors (Lipinski definition) is 4. The Morgan fingerprint density at radius 2 is 1.81 bits per heavy atom. The number of alkyl halides is 2. The highest BCUT2D eigenvalue weighted by molar-refractivity contribution is 7.92. The fourth-order valence-corrected chi connectivity index (χ4v) is 3.52. The summed E-state index contributed by atoms with van der Waals surface area (Å²) >= 11 is 0. The van der Waals surface area contributed by atoms with Crippen molar-refractivity contribution in [3.63, 3.8) is 0 Å². The molecule has 0 bridgehead atoms. The Morgan fingerprint density at radius 3 is 2.33 bits per heavy atom. The van der Waals surface area contributed by atoms with Crippen LogP contribution in [-0.4, -0.2) is 21.7 Å². The minimum absolute atomic E-state index is 0.0602. The predicted molar refractivity (Wildman–Crippen MR) is 102 cm³/mol. The van der Waals surface area contributed by atoms with Gasteiger partial charge < -0.3 is 10.2 Å². The molecule has 3 aromatic rings. The fourth-order valence-electron chi connectivity index (χ4n) is 2.99. The van der Waals surface area contributed by atoms with Crippen molar-refractivity contribution >= 4 is 26.7 Å². The van der Waals surface area contributed by atoms with E-state index in [1.54, 1.807) is 18.2 Å². The molecule has 0 fully saturated rings. The molecule has 1 heterocycles. The van der Waals surface area contributed by atoms with Crippen molar-refractivity contribution < 1.29 is 21.6 Å². The highest BCUT2D eigenvalue weighted by Crippen LogP contribution is 2.37. The molecule has 8 heteroatoms. The molecular weight excluding hydrogens is 374 g/mol.